The lowest BCUT2D eigenvalue weighted by atomic mass is 10.3. The highest BCUT2D eigenvalue weighted by atomic mass is 79.9. The number of aromatic nitrogens is 2. The van der Waals surface area contributed by atoms with Gasteiger partial charge < -0.3 is 5.32 Å². The minimum atomic E-state index is -0.506. The van der Waals surface area contributed by atoms with E-state index in [1.807, 2.05) is 6.92 Å². The number of carbonyl (C=O) groups is 1. The number of nitro groups is 1. The van der Waals surface area contributed by atoms with Crippen LogP contribution in [0.2, 0.25) is 0 Å². The Kier molecular flexibility index (Phi) is 4.73. The van der Waals surface area contributed by atoms with Crippen LogP contribution in [0.25, 0.3) is 0 Å². The van der Waals surface area contributed by atoms with E-state index in [9.17, 15) is 14.9 Å². The van der Waals surface area contributed by atoms with Crippen molar-refractivity contribution < 1.29 is 9.72 Å². The van der Waals surface area contributed by atoms with Gasteiger partial charge in [-0.25, -0.2) is 0 Å². The SMILES string of the molecule is Cc1ccnn1CC(=O)Nc1c(Br)cc([N+](=O)[O-])cc1Br. The molecule has 0 aliphatic carbocycles. The summed E-state index contributed by atoms with van der Waals surface area (Å²) in [4.78, 5) is 22.3. The fourth-order valence-electron chi connectivity index (χ4n) is 1.66. The number of hydrogen-bond donors (Lipinski definition) is 1. The van der Waals surface area contributed by atoms with Crippen LogP contribution in [-0.2, 0) is 11.3 Å². The fourth-order valence-corrected chi connectivity index (χ4v) is 3.02. The van der Waals surface area contributed by atoms with Gasteiger partial charge in [0, 0.05) is 33.0 Å². The number of benzene rings is 1. The number of aryl methyl sites for hydroxylation is 1. The lowest BCUT2D eigenvalue weighted by molar-refractivity contribution is -0.385. The molecule has 0 unspecified atom stereocenters. The zero-order chi connectivity index (χ0) is 15.6. The average molecular weight is 418 g/mol. The average Bonchev–Trinajstić information content (AvgIpc) is 2.79. The number of halogens is 2. The Hall–Kier alpha value is -1.74. The van der Waals surface area contributed by atoms with Gasteiger partial charge >= 0.3 is 0 Å². The van der Waals surface area contributed by atoms with E-state index in [2.05, 4.69) is 42.3 Å². The third-order valence-electron chi connectivity index (χ3n) is 2.72. The van der Waals surface area contributed by atoms with Crippen LogP contribution in [-0.4, -0.2) is 20.6 Å². The molecule has 0 saturated carbocycles. The maximum Gasteiger partial charge on any atom is 0.271 e. The summed E-state index contributed by atoms with van der Waals surface area (Å²) < 4.78 is 2.41. The number of amides is 1. The molecule has 110 valence electrons. The molecule has 1 aromatic heterocycles. The minimum absolute atomic E-state index is 0.0642. The van der Waals surface area contributed by atoms with Gasteiger partial charge in [0.15, 0.2) is 0 Å². The Balaban J connectivity index is 2.18. The lowest BCUT2D eigenvalue weighted by Gasteiger charge is -2.10. The molecule has 0 fully saturated rings. The van der Waals surface area contributed by atoms with Gasteiger partial charge in [-0.3, -0.25) is 19.6 Å². The van der Waals surface area contributed by atoms with Gasteiger partial charge in [-0.15, -0.1) is 0 Å². The smallest absolute Gasteiger partial charge is 0.271 e. The molecule has 0 aliphatic rings. The molecular formula is C12H10Br2N4O3. The summed E-state index contributed by atoms with van der Waals surface area (Å²) >= 11 is 6.43. The van der Waals surface area contributed by atoms with Crippen LogP contribution in [0.1, 0.15) is 5.69 Å². The third-order valence-corrected chi connectivity index (χ3v) is 3.98. The van der Waals surface area contributed by atoms with Gasteiger partial charge in [-0.05, 0) is 44.8 Å². The number of non-ortho nitro benzene ring substituents is 1. The first-order valence-electron chi connectivity index (χ1n) is 5.80. The summed E-state index contributed by atoms with van der Waals surface area (Å²) in [7, 11) is 0. The maximum absolute atomic E-state index is 12.0. The Morgan fingerprint density at radius 3 is 2.52 bits per heavy atom. The number of nitrogens with one attached hydrogen (secondary N) is 1. The van der Waals surface area contributed by atoms with Crippen LogP contribution in [0, 0.1) is 17.0 Å². The molecular weight excluding hydrogens is 408 g/mol. The first kappa shape index (κ1) is 15.6. The Morgan fingerprint density at radius 1 is 1.43 bits per heavy atom. The highest BCUT2D eigenvalue weighted by molar-refractivity contribution is 9.11. The predicted octanol–water partition coefficient (Wildman–Crippen LogP) is 3.26. The topological polar surface area (TPSA) is 90.1 Å². The number of anilines is 1. The molecule has 9 heteroatoms. The Morgan fingerprint density at radius 2 is 2.05 bits per heavy atom. The zero-order valence-corrected chi connectivity index (χ0v) is 14.0. The fraction of sp³-hybridized carbons (Fsp3) is 0.167. The molecule has 1 aromatic carbocycles. The van der Waals surface area contributed by atoms with E-state index >= 15 is 0 Å². The van der Waals surface area contributed by atoms with Crippen molar-refractivity contribution in [1.82, 2.24) is 9.78 Å². The Bertz CT molecular complexity index is 691. The van der Waals surface area contributed by atoms with Gasteiger partial charge in [0.25, 0.3) is 5.69 Å². The first-order chi connectivity index (χ1) is 9.88. The van der Waals surface area contributed by atoms with E-state index in [4.69, 9.17) is 0 Å². The zero-order valence-electron chi connectivity index (χ0n) is 10.8. The van der Waals surface area contributed by atoms with Crippen molar-refractivity contribution in [3.8, 4) is 0 Å². The number of nitrogens with zero attached hydrogens (tertiary/aromatic N) is 3. The van der Waals surface area contributed by atoms with Crippen molar-refractivity contribution in [3.63, 3.8) is 0 Å². The van der Waals surface area contributed by atoms with Crippen LogP contribution in [0.5, 0.6) is 0 Å². The normalized spacial score (nSPS) is 10.4. The van der Waals surface area contributed by atoms with Crippen molar-refractivity contribution in [1.29, 1.82) is 0 Å². The maximum atomic E-state index is 12.0. The van der Waals surface area contributed by atoms with E-state index in [1.165, 1.54) is 12.1 Å². The molecule has 1 heterocycles. The molecule has 7 nitrogen and oxygen atoms in total. The monoisotopic (exact) mass is 416 g/mol. The van der Waals surface area contributed by atoms with Crippen LogP contribution in [0.3, 0.4) is 0 Å². The lowest BCUT2D eigenvalue weighted by Crippen LogP contribution is -2.20. The first-order valence-corrected chi connectivity index (χ1v) is 7.39. The molecule has 0 saturated heterocycles. The van der Waals surface area contributed by atoms with E-state index in [0.717, 1.165) is 5.69 Å². The molecule has 2 rings (SSSR count). The predicted molar refractivity (Wildman–Crippen MR) is 84.1 cm³/mol. The molecule has 0 spiro atoms. The van der Waals surface area contributed by atoms with E-state index < -0.39 is 4.92 Å². The van der Waals surface area contributed by atoms with Crippen molar-refractivity contribution in [2.24, 2.45) is 0 Å². The van der Waals surface area contributed by atoms with Crippen LogP contribution >= 0.6 is 31.9 Å². The standard InChI is InChI=1S/C12H10Br2N4O3/c1-7-2-3-15-17(7)6-11(19)16-12-9(13)4-8(18(20)21)5-10(12)14/h2-5H,6H2,1H3,(H,16,19). The molecule has 0 bridgehead atoms. The van der Waals surface area contributed by atoms with Crippen molar-refractivity contribution in [2.45, 2.75) is 13.5 Å². The van der Waals surface area contributed by atoms with E-state index in [1.54, 1.807) is 16.9 Å². The van der Waals surface area contributed by atoms with Gasteiger partial charge in [-0.2, -0.15) is 5.10 Å². The van der Waals surface area contributed by atoms with E-state index in [0.29, 0.717) is 14.6 Å². The number of rotatable bonds is 4. The Labute approximate surface area is 136 Å². The van der Waals surface area contributed by atoms with Crippen LogP contribution in [0.15, 0.2) is 33.3 Å². The molecule has 0 aliphatic heterocycles. The van der Waals surface area contributed by atoms with Crippen molar-refractivity contribution in [3.05, 3.63) is 49.1 Å². The van der Waals surface area contributed by atoms with Crippen LogP contribution < -0.4 is 5.32 Å². The molecule has 1 N–H and O–H groups in total. The molecule has 1 amide bonds. The van der Waals surface area contributed by atoms with Crippen LogP contribution in [0.4, 0.5) is 11.4 Å². The second kappa shape index (κ2) is 6.35. The van der Waals surface area contributed by atoms with Crippen molar-refractivity contribution >= 4 is 49.1 Å². The summed E-state index contributed by atoms with van der Waals surface area (Å²) in [5, 5.41) is 17.5. The molecule has 0 atom stereocenters. The second-order valence-electron chi connectivity index (χ2n) is 4.22. The summed E-state index contributed by atoms with van der Waals surface area (Å²) in [5.41, 5.74) is 1.23. The highest BCUT2D eigenvalue weighted by Crippen LogP contribution is 2.35. The van der Waals surface area contributed by atoms with Crippen molar-refractivity contribution in [2.75, 3.05) is 5.32 Å². The number of carbonyl (C=O) groups excluding carboxylic acids is 1. The second-order valence-corrected chi connectivity index (χ2v) is 5.93. The summed E-state index contributed by atoms with van der Waals surface area (Å²) in [6.45, 7) is 1.91. The molecule has 0 radical (unpaired) electrons. The summed E-state index contributed by atoms with van der Waals surface area (Å²) in [5.74, 6) is -0.281. The highest BCUT2D eigenvalue weighted by Gasteiger charge is 2.16. The van der Waals surface area contributed by atoms with Gasteiger partial charge in [0.1, 0.15) is 6.54 Å². The summed E-state index contributed by atoms with van der Waals surface area (Å²) in [6.07, 6.45) is 1.61. The van der Waals surface area contributed by atoms with Gasteiger partial charge in [0.05, 0.1) is 10.6 Å². The van der Waals surface area contributed by atoms with Gasteiger partial charge in [-0.1, -0.05) is 0 Å². The molecule has 2 aromatic rings. The number of nitro benzene ring substituents is 1. The largest absolute Gasteiger partial charge is 0.323 e. The third kappa shape index (κ3) is 3.67. The quantitative estimate of drug-likeness (QED) is 0.610. The number of hydrogen-bond acceptors (Lipinski definition) is 4. The van der Waals surface area contributed by atoms with Gasteiger partial charge in [0.2, 0.25) is 5.91 Å². The summed E-state index contributed by atoms with van der Waals surface area (Å²) in [6, 6.07) is 4.46. The van der Waals surface area contributed by atoms with E-state index in [-0.39, 0.29) is 18.1 Å². The molecule has 21 heavy (non-hydrogen) atoms. The minimum Gasteiger partial charge on any atom is -0.323 e.